The molecule has 1 saturated heterocycles. The third-order valence-electron chi connectivity index (χ3n) is 3.62. The number of alkyl halides is 1. The molecule has 0 radical (unpaired) electrons. The van der Waals surface area contributed by atoms with E-state index in [9.17, 15) is 14.3 Å². The summed E-state index contributed by atoms with van der Waals surface area (Å²) in [7, 11) is 0. The highest BCUT2D eigenvalue weighted by molar-refractivity contribution is 5.76. The third kappa shape index (κ3) is 1.87. The Hall–Kier alpha value is -0.640. The Morgan fingerprint density at radius 3 is 2.80 bits per heavy atom. The van der Waals surface area contributed by atoms with Crippen molar-refractivity contribution >= 4 is 5.97 Å². The highest BCUT2D eigenvalue weighted by Crippen LogP contribution is 2.50. The zero-order chi connectivity index (χ0) is 10.9. The first-order valence-corrected chi connectivity index (χ1v) is 5.61. The van der Waals surface area contributed by atoms with Gasteiger partial charge in [0.05, 0.1) is 18.2 Å². The fourth-order valence-electron chi connectivity index (χ4n) is 2.64. The smallest absolute Gasteiger partial charge is 0.312 e. The van der Waals surface area contributed by atoms with Gasteiger partial charge in [0.15, 0.2) is 0 Å². The molecule has 0 aromatic heterocycles. The lowest BCUT2D eigenvalue weighted by Crippen LogP contribution is -2.40. The number of hydrogen-bond acceptors (Lipinski definition) is 2. The van der Waals surface area contributed by atoms with E-state index >= 15 is 0 Å². The highest BCUT2D eigenvalue weighted by Gasteiger charge is 2.55. The lowest BCUT2D eigenvalue weighted by Gasteiger charge is -2.29. The number of carbonyl (C=O) groups is 1. The van der Waals surface area contributed by atoms with Crippen molar-refractivity contribution in [1.29, 1.82) is 0 Å². The maximum Gasteiger partial charge on any atom is 0.312 e. The summed E-state index contributed by atoms with van der Waals surface area (Å²) in [5, 5.41) is 9.34. The van der Waals surface area contributed by atoms with Gasteiger partial charge in [-0.1, -0.05) is 0 Å². The van der Waals surface area contributed by atoms with Crippen molar-refractivity contribution in [2.75, 3.05) is 13.3 Å². The number of aliphatic carboxylic acids is 1. The first kappa shape index (κ1) is 10.9. The second kappa shape index (κ2) is 4.08. The molecule has 2 aliphatic rings. The average molecular weight is 216 g/mol. The predicted molar refractivity (Wildman–Crippen MR) is 52.4 cm³/mol. The van der Waals surface area contributed by atoms with Gasteiger partial charge in [-0.2, -0.15) is 0 Å². The van der Waals surface area contributed by atoms with Crippen molar-refractivity contribution < 1.29 is 19.0 Å². The van der Waals surface area contributed by atoms with Crippen molar-refractivity contribution in [2.24, 2.45) is 11.3 Å². The normalized spacial score (nSPS) is 35.7. The second-order valence-electron chi connectivity index (χ2n) is 4.63. The van der Waals surface area contributed by atoms with E-state index in [2.05, 4.69) is 0 Å². The van der Waals surface area contributed by atoms with Crippen LogP contribution in [0.4, 0.5) is 4.39 Å². The van der Waals surface area contributed by atoms with Crippen LogP contribution in [0.15, 0.2) is 0 Å². The molecule has 2 rings (SSSR count). The number of rotatable bonds is 5. The fraction of sp³-hybridized carbons (Fsp3) is 0.909. The number of halogens is 1. The molecule has 1 saturated carbocycles. The zero-order valence-corrected chi connectivity index (χ0v) is 8.75. The van der Waals surface area contributed by atoms with Gasteiger partial charge in [-0.3, -0.25) is 9.18 Å². The van der Waals surface area contributed by atoms with Crippen LogP contribution in [-0.2, 0) is 9.53 Å². The van der Waals surface area contributed by atoms with E-state index in [1.54, 1.807) is 0 Å². The first-order valence-electron chi connectivity index (χ1n) is 5.61. The van der Waals surface area contributed by atoms with E-state index < -0.39 is 18.1 Å². The Labute approximate surface area is 88.6 Å². The summed E-state index contributed by atoms with van der Waals surface area (Å²) in [5.74, 6) is -0.395. The zero-order valence-electron chi connectivity index (χ0n) is 8.75. The molecular formula is C11H17FO3. The molecule has 1 aliphatic carbocycles. The van der Waals surface area contributed by atoms with Gasteiger partial charge in [-0.15, -0.1) is 0 Å². The van der Waals surface area contributed by atoms with E-state index in [-0.39, 0.29) is 6.10 Å². The number of hydrogen-bond donors (Lipinski definition) is 1. The Morgan fingerprint density at radius 1 is 1.53 bits per heavy atom. The van der Waals surface area contributed by atoms with Gasteiger partial charge >= 0.3 is 5.97 Å². The fourth-order valence-corrected chi connectivity index (χ4v) is 2.64. The number of ether oxygens (including phenoxy) is 1. The largest absolute Gasteiger partial charge is 0.481 e. The molecule has 4 heteroatoms. The Kier molecular flexibility index (Phi) is 2.96. The van der Waals surface area contributed by atoms with Crippen LogP contribution in [-0.4, -0.2) is 30.5 Å². The van der Waals surface area contributed by atoms with Gasteiger partial charge in [-0.05, 0) is 38.0 Å². The molecule has 2 fully saturated rings. The number of carboxylic acid groups (broad SMARTS) is 1. The third-order valence-corrected chi connectivity index (χ3v) is 3.62. The van der Waals surface area contributed by atoms with Crippen molar-refractivity contribution in [3.05, 3.63) is 0 Å². The molecule has 2 atom stereocenters. The molecule has 0 bridgehead atoms. The van der Waals surface area contributed by atoms with Crippen molar-refractivity contribution in [3.8, 4) is 0 Å². The molecule has 0 aromatic rings. The molecule has 86 valence electrons. The standard InChI is InChI=1S/C11H17FO3/c12-6-1-4-11(10(13)14)5-7-15-9(11)8-2-3-8/h8-9H,1-7H2,(H,13,14). The molecule has 0 amide bonds. The highest BCUT2D eigenvalue weighted by atomic mass is 19.1. The first-order chi connectivity index (χ1) is 7.20. The summed E-state index contributed by atoms with van der Waals surface area (Å²) >= 11 is 0. The minimum absolute atomic E-state index is 0.165. The Balaban J connectivity index is 2.11. The second-order valence-corrected chi connectivity index (χ2v) is 4.63. The van der Waals surface area contributed by atoms with Gasteiger partial charge in [0, 0.05) is 6.61 Å². The van der Waals surface area contributed by atoms with E-state index in [1.165, 1.54) is 0 Å². The summed E-state index contributed by atoms with van der Waals surface area (Å²) in [5.41, 5.74) is -0.798. The van der Waals surface area contributed by atoms with Crippen LogP contribution in [0.3, 0.4) is 0 Å². The summed E-state index contributed by atoms with van der Waals surface area (Å²) < 4.78 is 17.7. The van der Waals surface area contributed by atoms with Gasteiger partial charge in [0.2, 0.25) is 0 Å². The topological polar surface area (TPSA) is 46.5 Å². The lowest BCUT2D eigenvalue weighted by atomic mass is 9.75. The molecule has 0 aromatic carbocycles. The minimum Gasteiger partial charge on any atom is -0.481 e. The quantitative estimate of drug-likeness (QED) is 0.764. The van der Waals surface area contributed by atoms with E-state index in [0.29, 0.717) is 31.8 Å². The molecule has 1 aliphatic heterocycles. The van der Waals surface area contributed by atoms with E-state index in [1.807, 2.05) is 0 Å². The average Bonchev–Trinajstić information content (AvgIpc) is 2.96. The van der Waals surface area contributed by atoms with Crippen LogP contribution in [0.1, 0.15) is 32.1 Å². The molecule has 15 heavy (non-hydrogen) atoms. The summed E-state index contributed by atoms with van der Waals surface area (Å²) in [6.45, 7) is 0.0756. The molecule has 1 N–H and O–H groups in total. The van der Waals surface area contributed by atoms with Crippen LogP contribution in [0.2, 0.25) is 0 Å². The monoisotopic (exact) mass is 216 g/mol. The Bertz CT molecular complexity index is 252. The van der Waals surface area contributed by atoms with Crippen molar-refractivity contribution in [2.45, 2.75) is 38.2 Å². The van der Waals surface area contributed by atoms with Gasteiger partial charge in [0.25, 0.3) is 0 Å². The van der Waals surface area contributed by atoms with Gasteiger partial charge in [0.1, 0.15) is 0 Å². The predicted octanol–water partition coefficient (Wildman–Crippen LogP) is 2.01. The van der Waals surface area contributed by atoms with Crippen LogP contribution >= 0.6 is 0 Å². The summed E-state index contributed by atoms with van der Waals surface area (Å²) in [6.07, 6.45) is 3.26. The van der Waals surface area contributed by atoms with Crippen LogP contribution in [0.5, 0.6) is 0 Å². The van der Waals surface area contributed by atoms with Gasteiger partial charge in [-0.25, -0.2) is 0 Å². The van der Waals surface area contributed by atoms with Gasteiger partial charge < -0.3 is 9.84 Å². The molecular weight excluding hydrogens is 199 g/mol. The number of carboxylic acids is 1. The Morgan fingerprint density at radius 2 is 2.27 bits per heavy atom. The van der Waals surface area contributed by atoms with Crippen molar-refractivity contribution in [3.63, 3.8) is 0 Å². The van der Waals surface area contributed by atoms with Crippen LogP contribution in [0, 0.1) is 11.3 Å². The lowest BCUT2D eigenvalue weighted by molar-refractivity contribution is -0.154. The maximum absolute atomic E-state index is 12.2. The molecule has 1 heterocycles. The summed E-state index contributed by atoms with van der Waals surface area (Å²) in [6, 6.07) is 0. The minimum atomic E-state index is -0.801. The van der Waals surface area contributed by atoms with Crippen LogP contribution in [0.25, 0.3) is 0 Å². The molecule has 0 spiro atoms. The van der Waals surface area contributed by atoms with E-state index in [4.69, 9.17) is 4.74 Å². The van der Waals surface area contributed by atoms with Crippen molar-refractivity contribution in [1.82, 2.24) is 0 Å². The maximum atomic E-state index is 12.2. The SMILES string of the molecule is O=C(O)C1(CCCF)CCOC1C1CC1. The molecule has 2 unspecified atom stereocenters. The molecule has 3 nitrogen and oxygen atoms in total. The van der Waals surface area contributed by atoms with E-state index in [0.717, 1.165) is 12.8 Å². The van der Waals surface area contributed by atoms with Crippen LogP contribution < -0.4 is 0 Å². The summed E-state index contributed by atoms with van der Waals surface area (Å²) in [4.78, 5) is 11.4.